The molecule has 0 spiro atoms. The fourth-order valence-corrected chi connectivity index (χ4v) is 2.95. The van der Waals surface area contributed by atoms with E-state index in [0.29, 0.717) is 19.6 Å². The van der Waals surface area contributed by atoms with Crippen LogP contribution in [0.3, 0.4) is 0 Å². The Morgan fingerprint density at radius 2 is 2.12 bits per heavy atom. The van der Waals surface area contributed by atoms with Gasteiger partial charge in [-0.05, 0) is 24.6 Å². The number of hydrogen-bond donors (Lipinski definition) is 2. The molecule has 0 amide bonds. The summed E-state index contributed by atoms with van der Waals surface area (Å²) in [5.74, 6) is -2.19. The summed E-state index contributed by atoms with van der Waals surface area (Å²) in [7, 11) is 1.68. The predicted molar refractivity (Wildman–Crippen MR) is 84.0 cm³/mol. The van der Waals surface area contributed by atoms with Crippen LogP contribution in [0.1, 0.15) is 22.6 Å². The average molecular weight is 336 g/mol. The number of para-hydroxylation sites is 1. The molecule has 6 nitrogen and oxygen atoms in total. The Bertz CT molecular complexity index is 742. The van der Waals surface area contributed by atoms with E-state index < -0.39 is 17.6 Å². The van der Waals surface area contributed by atoms with Gasteiger partial charge in [-0.1, -0.05) is 6.07 Å². The molecule has 2 heterocycles. The van der Waals surface area contributed by atoms with Crippen molar-refractivity contribution >= 4 is 11.7 Å². The number of aromatic carboxylic acids is 1. The van der Waals surface area contributed by atoms with Gasteiger partial charge in [0.15, 0.2) is 5.69 Å². The maximum atomic E-state index is 13.8. The number of nitrogens with zero attached hydrogens (tertiary/aromatic N) is 3. The van der Waals surface area contributed by atoms with Crippen LogP contribution < -0.4 is 10.2 Å². The number of carboxylic acids is 1. The summed E-state index contributed by atoms with van der Waals surface area (Å²) >= 11 is 0. The van der Waals surface area contributed by atoms with Crippen LogP contribution >= 0.6 is 0 Å². The number of aryl methyl sites for hydroxylation is 1. The Balaban J connectivity index is 1.62. The Kier molecular flexibility index (Phi) is 4.48. The minimum Gasteiger partial charge on any atom is -0.476 e. The lowest BCUT2D eigenvalue weighted by molar-refractivity contribution is 0.0689. The quantitative estimate of drug-likeness (QED) is 0.871. The first kappa shape index (κ1) is 16.4. The number of hydrogen-bond acceptors (Lipinski definition) is 4. The minimum atomic E-state index is -1.07. The van der Waals surface area contributed by atoms with Gasteiger partial charge in [-0.2, -0.15) is 5.10 Å². The Morgan fingerprint density at radius 3 is 2.75 bits per heavy atom. The molecular weight excluding hydrogens is 318 g/mol. The van der Waals surface area contributed by atoms with Crippen molar-refractivity contribution in [2.24, 2.45) is 7.05 Å². The molecule has 1 aliphatic rings. The van der Waals surface area contributed by atoms with Gasteiger partial charge in [-0.3, -0.25) is 4.68 Å². The van der Waals surface area contributed by atoms with E-state index in [2.05, 4.69) is 10.4 Å². The van der Waals surface area contributed by atoms with Crippen LogP contribution in [0.2, 0.25) is 0 Å². The highest BCUT2D eigenvalue weighted by atomic mass is 19.1. The monoisotopic (exact) mass is 336 g/mol. The van der Waals surface area contributed by atoms with E-state index in [4.69, 9.17) is 5.11 Å². The molecule has 2 aromatic rings. The molecule has 0 saturated carbocycles. The maximum absolute atomic E-state index is 13.8. The van der Waals surface area contributed by atoms with Crippen LogP contribution in [-0.4, -0.2) is 40.0 Å². The van der Waals surface area contributed by atoms with Crippen molar-refractivity contribution in [2.75, 3.05) is 18.0 Å². The molecule has 1 fully saturated rings. The predicted octanol–water partition coefficient (Wildman–Crippen LogP) is 1.77. The second-order valence-corrected chi connectivity index (χ2v) is 5.83. The van der Waals surface area contributed by atoms with Crippen molar-refractivity contribution in [2.45, 2.75) is 19.0 Å². The standard InChI is InChI=1S/C16H18F2N4O2/c1-21-11(7-14(20-21)16(23)24)8-19-10-5-6-22(9-10)15-12(17)3-2-4-13(15)18/h2-4,7,10,19H,5-6,8-9H2,1H3,(H,23,24). The van der Waals surface area contributed by atoms with Crippen molar-refractivity contribution in [1.82, 2.24) is 15.1 Å². The highest BCUT2D eigenvalue weighted by Crippen LogP contribution is 2.26. The summed E-state index contributed by atoms with van der Waals surface area (Å²) < 4.78 is 29.2. The topological polar surface area (TPSA) is 70.4 Å². The zero-order chi connectivity index (χ0) is 17.3. The van der Waals surface area contributed by atoms with Crippen molar-refractivity contribution in [3.8, 4) is 0 Å². The Morgan fingerprint density at radius 1 is 1.42 bits per heavy atom. The van der Waals surface area contributed by atoms with E-state index in [9.17, 15) is 13.6 Å². The molecule has 1 saturated heterocycles. The summed E-state index contributed by atoms with van der Waals surface area (Å²) in [4.78, 5) is 12.6. The van der Waals surface area contributed by atoms with Gasteiger partial charge < -0.3 is 15.3 Å². The molecule has 0 aliphatic carbocycles. The van der Waals surface area contributed by atoms with E-state index in [1.54, 1.807) is 11.9 Å². The highest BCUT2D eigenvalue weighted by molar-refractivity contribution is 5.85. The zero-order valence-electron chi connectivity index (χ0n) is 13.2. The van der Waals surface area contributed by atoms with Crippen molar-refractivity contribution < 1.29 is 18.7 Å². The number of carboxylic acid groups (broad SMARTS) is 1. The summed E-state index contributed by atoms with van der Waals surface area (Å²) in [6.07, 6.45) is 0.747. The molecule has 2 N–H and O–H groups in total. The van der Waals surface area contributed by atoms with Crippen LogP contribution in [0.4, 0.5) is 14.5 Å². The molecule has 128 valence electrons. The van der Waals surface area contributed by atoms with E-state index in [1.807, 2.05) is 0 Å². The molecule has 1 unspecified atom stereocenters. The number of carbonyl (C=O) groups is 1. The number of rotatable bonds is 5. The van der Waals surface area contributed by atoms with E-state index in [-0.39, 0.29) is 17.4 Å². The second-order valence-electron chi connectivity index (χ2n) is 5.83. The molecular formula is C16H18F2N4O2. The number of benzene rings is 1. The van der Waals surface area contributed by atoms with Crippen LogP contribution in [0, 0.1) is 11.6 Å². The smallest absolute Gasteiger partial charge is 0.356 e. The van der Waals surface area contributed by atoms with Crippen LogP contribution in [0.5, 0.6) is 0 Å². The van der Waals surface area contributed by atoms with Gasteiger partial charge in [0.1, 0.15) is 17.3 Å². The molecule has 0 radical (unpaired) electrons. The number of nitrogens with one attached hydrogen (secondary N) is 1. The van der Waals surface area contributed by atoms with E-state index in [1.165, 1.54) is 28.9 Å². The fourth-order valence-electron chi connectivity index (χ4n) is 2.95. The van der Waals surface area contributed by atoms with Gasteiger partial charge in [0, 0.05) is 32.7 Å². The van der Waals surface area contributed by atoms with Gasteiger partial charge >= 0.3 is 5.97 Å². The molecule has 1 aromatic heterocycles. The van der Waals surface area contributed by atoms with Crippen molar-refractivity contribution in [1.29, 1.82) is 0 Å². The molecule has 1 aliphatic heterocycles. The van der Waals surface area contributed by atoms with Gasteiger partial charge in [0.2, 0.25) is 0 Å². The first-order valence-electron chi connectivity index (χ1n) is 7.64. The molecule has 24 heavy (non-hydrogen) atoms. The van der Waals surface area contributed by atoms with Gasteiger partial charge in [-0.15, -0.1) is 0 Å². The lowest BCUT2D eigenvalue weighted by Crippen LogP contribution is -2.33. The fraction of sp³-hybridized carbons (Fsp3) is 0.375. The van der Waals surface area contributed by atoms with Crippen LogP contribution in [-0.2, 0) is 13.6 Å². The number of halogens is 2. The SMILES string of the molecule is Cn1nc(C(=O)O)cc1CNC1CCN(c2c(F)cccc2F)C1. The van der Waals surface area contributed by atoms with E-state index in [0.717, 1.165) is 12.1 Å². The van der Waals surface area contributed by atoms with Gasteiger partial charge in [0.05, 0.1) is 5.69 Å². The Labute approximate surface area is 137 Å². The van der Waals surface area contributed by atoms with Crippen LogP contribution in [0.15, 0.2) is 24.3 Å². The first-order chi connectivity index (χ1) is 11.5. The summed E-state index contributed by atoms with van der Waals surface area (Å²) in [6, 6.07) is 5.43. The molecule has 1 aromatic carbocycles. The highest BCUT2D eigenvalue weighted by Gasteiger charge is 2.26. The summed E-state index contributed by atoms with van der Waals surface area (Å²) in [5, 5.41) is 16.1. The molecule has 8 heteroatoms. The largest absolute Gasteiger partial charge is 0.476 e. The van der Waals surface area contributed by atoms with Crippen LogP contribution in [0.25, 0.3) is 0 Å². The third-order valence-electron chi connectivity index (χ3n) is 4.21. The zero-order valence-corrected chi connectivity index (χ0v) is 13.2. The lowest BCUT2D eigenvalue weighted by atomic mass is 10.2. The summed E-state index contributed by atoms with van der Waals surface area (Å²) in [5.41, 5.74) is 0.745. The van der Waals surface area contributed by atoms with Gasteiger partial charge in [-0.25, -0.2) is 13.6 Å². The van der Waals surface area contributed by atoms with Crippen molar-refractivity contribution in [3.63, 3.8) is 0 Å². The van der Waals surface area contributed by atoms with E-state index >= 15 is 0 Å². The number of anilines is 1. The lowest BCUT2D eigenvalue weighted by Gasteiger charge is -2.20. The Hall–Kier alpha value is -2.48. The number of aromatic nitrogens is 2. The van der Waals surface area contributed by atoms with Crippen molar-refractivity contribution in [3.05, 3.63) is 47.3 Å². The normalized spacial score (nSPS) is 17.5. The minimum absolute atomic E-state index is 0.00391. The molecule has 3 rings (SSSR count). The molecule has 1 atom stereocenters. The summed E-state index contributed by atoms with van der Waals surface area (Å²) in [6.45, 7) is 1.48. The second kappa shape index (κ2) is 6.56. The molecule has 0 bridgehead atoms. The third-order valence-corrected chi connectivity index (χ3v) is 4.21. The maximum Gasteiger partial charge on any atom is 0.356 e. The first-order valence-corrected chi connectivity index (χ1v) is 7.64. The van der Waals surface area contributed by atoms with Gasteiger partial charge in [0.25, 0.3) is 0 Å². The third kappa shape index (κ3) is 3.23. The average Bonchev–Trinajstić information content (AvgIpc) is 3.12.